The molecule has 2 fully saturated rings. The Morgan fingerprint density at radius 1 is 0.656 bits per heavy atom. The molecule has 0 bridgehead atoms. The lowest BCUT2D eigenvalue weighted by Gasteiger charge is -2.30. The highest BCUT2D eigenvalue weighted by atomic mass is 35.5. The molecule has 0 aliphatic heterocycles. The first-order valence-corrected chi connectivity index (χ1v) is 14.2. The highest BCUT2D eigenvalue weighted by Crippen LogP contribution is 2.45. The molecule has 4 atom stereocenters. The van der Waals surface area contributed by atoms with Crippen LogP contribution in [0.4, 0.5) is 11.4 Å². The van der Waals surface area contributed by atoms with Gasteiger partial charge in [0.15, 0.2) is 0 Å². The summed E-state index contributed by atoms with van der Waals surface area (Å²) < 4.78 is 0. The number of benzene rings is 2. The third-order valence-corrected chi connectivity index (χ3v) is 9.20. The topological polar surface area (TPSA) is 64.5 Å². The van der Waals surface area contributed by atoms with E-state index in [0.717, 1.165) is 72.5 Å². The molecule has 0 unspecified atom stereocenters. The Hall–Kier alpha value is -0.760. The summed E-state index contributed by atoms with van der Waals surface area (Å²) in [6, 6.07) is 11.8. The first kappa shape index (κ1) is 24.4. The van der Waals surface area contributed by atoms with Gasteiger partial charge in [-0.05, 0) is 62.1 Å². The minimum absolute atomic E-state index is 0.0483. The SMILES string of the molecule is O[C@H]1CCCC[C@H]1Nc1cc(Cl)ccc1SSc1ccc(Cl)cc1N[C@@H]1CCCC[C@@H]1O. The summed E-state index contributed by atoms with van der Waals surface area (Å²) in [7, 11) is 3.30. The molecule has 2 aliphatic rings. The lowest BCUT2D eigenvalue weighted by atomic mass is 9.92. The molecular formula is C24H30Cl2N2O2S2. The number of nitrogens with one attached hydrogen (secondary N) is 2. The van der Waals surface area contributed by atoms with E-state index < -0.39 is 0 Å². The average molecular weight is 514 g/mol. The van der Waals surface area contributed by atoms with Gasteiger partial charge < -0.3 is 20.8 Å². The quantitative estimate of drug-likeness (QED) is 0.293. The third kappa shape index (κ3) is 6.43. The van der Waals surface area contributed by atoms with Crippen LogP contribution in [0.2, 0.25) is 10.0 Å². The van der Waals surface area contributed by atoms with Crippen LogP contribution in [-0.4, -0.2) is 34.5 Å². The number of hydrogen-bond acceptors (Lipinski definition) is 6. The van der Waals surface area contributed by atoms with E-state index in [1.54, 1.807) is 21.6 Å². The molecule has 4 N–H and O–H groups in total. The number of rotatable bonds is 7. The molecule has 4 rings (SSSR count). The molecule has 0 aromatic heterocycles. The Balaban J connectivity index is 1.48. The van der Waals surface area contributed by atoms with Gasteiger partial charge in [-0.1, -0.05) is 70.5 Å². The Morgan fingerprint density at radius 2 is 1.06 bits per heavy atom. The lowest BCUT2D eigenvalue weighted by molar-refractivity contribution is 0.116. The minimum atomic E-state index is -0.331. The fourth-order valence-corrected chi connectivity index (χ4v) is 7.02. The highest BCUT2D eigenvalue weighted by molar-refractivity contribution is 8.76. The smallest absolute Gasteiger partial charge is 0.0741 e. The van der Waals surface area contributed by atoms with Crippen LogP contribution in [0.5, 0.6) is 0 Å². The van der Waals surface area contributed by atoms with Gasteiger partial charge in [-0.15, -0.1) is 0 Å². The van der Waals surface area contributed by atoms with E-state index in [9.17, 15) is 10.2 Å². The van der Waals surface area contributed by atoms with Crippen molar-refractivity contribution in [2.75, 3.05) is 10.6 Å². The van der Waals surface area contributed by atoms with Crippen molar-refractivity contribution in [2.45, 2.75) is 85.4 Å². The number of anilines is 2. The van der Waals surface area contributed by atoms with E-state index in [-0.39, 0.29) is 24.3 Å². The van der Waals surface area contributed by atoms with Gasteiger partial charge >= 0.3 is 0 Å². The molecule has 2 aromatic carbocycles. The Labute approximate surface area is 208 Å². The number of halogens is 2. The molecule has 174 valence electrons. The van der Waals surface area contributed by atoms with Crippen LogP contribution in [0.25, 0.3) is 0 Å². The third-order valence-electron chi connectivity index (χ3n) is 6.25. The standard InChI is InChI=1S/C24H30Cl2N2O2S2/c25-15-9-11-23(19(13-15)27-17-5-1-3-7-21(17)29)31-32-24-12-10-16(26)14-20(24)28-18-6-2-4-8-22(18)30/h9-14,17-18,21-22,27-30H,1-8H2/t17-,18-,21+,22+/m1/s1. The summed E-state index contributed by atoms with van der Waals surface area (Å²) in [5.74, 6) is 0. The van der Waals surface area contributed by atoms with Crippen LogP contribution < -0.4 is 10.6 Å². The minimum Gasteiger partial charge on any atom is -0.391 e. The van der Waals surface area contributed by atoms with E-state index in [1.165, 1.54) is 0 Å². The predicted molar refractivity (Wildman–Crippen MR) is 138 cm³/mol. The van der Waals surface area contributed by atoms with Crippen molar-refractivity contribution in [3.05, 3.63) is 46.4 Å². The normalized spacial score (nSPS) is 26.0. The largest absolute Gasteiger partial charge is 0.391 e. The van der Waals surface area contributed by atoms with Crippen molar-refractivity contribution in [1.82, 2.24) is 0 Å². The summed E-state index contributed by atoms with van der Waals surface area (Å²) >= 11 is 12.6. The molecule has 0 radical (unpaired) electrons. The fourth-order valence-electron chi connectivity index (χ4n) is 4.42. The first-order chi connectivity index (χ1) is 15.5. The number of hydrogen-bond donors (Lipinski definition) is 4. The Bertz CT molecular complexity index is 844. The number of aliphatic hydroxyl groups excluding tert-OH is 2. The maximum absolute atomic E-state index is 10.4. The maximum atomic E-state index is 10.4. The Kier molecular flexibility index (Phi) is 8.82. The predicted octanol–water partition coefficient (Wildman–Crippen LogP) is 7.22. The summed E-state index contributed by atoms with van der Waals surface area (Å²) in [4.78, 5) is 2.13. The van der Waals surface area contributed by atoms with E-state index in [2.05, 4.69) is 10.6 Å². The molecule has 32 heavy (non-hydrogen) atoms. The van der Waals surface area contributed by atoms with Gasteiger partial charge in [0.2, 0.25) is 0 Å². The van der Waals surface area contributed by atoms with Crippen molar-refractivity contribution in [3.63, 3.8) is 0 Å². The maximum Gasteiger partial charge on any atom is 0.0741 e. The van der Waals surface area contributed by atoms with Crippen molar-refractivity contribution in [1.29, 1.82) is 0 Å². The molecule has 2 saturated carbocycles. The Morgan fingerprint density at radius 3 is 1.47 bits per heavy atom. The van der Waals surface area contributed by atoms with Gasteiger partial charge in [0.05, 0.1) is 35.7 Å². The average Bonchev–Trinajstić information content (AvgIpc) is 2.77. The fraction of sp³-hybridized carbons (Fsp3) is 0.500. The van der Waals surface area contributed by atoms with Gasteiger partial charge in [-0.2, -0.15) is 0 Å². The monoisotopic (exact) mass is 512 g/mol. The van der Waals surface area contributed by atoms with Crippen LogP contribution >= 0.6 is 44.8 Å². The van der Waals surface area contributed by atoms with Crippen LogP contribution in [0.3, 0.4) is 0 Å². The molecule has 2 aromatic rings. The van der Waals surface area contributed by atoms with E-state index in [4.69, 9.17) is 23.2 Å². The van der Waals surface area contributed by atoms with E-state index in [0.29, 0.717) is 10.0 Å². The molecule has 2 aliphatic carbocycles. The van der Waals surface area contributed by atoms with Crippen LogP contribution in [0, 0.1) is 0 Å². The van der Waals surface area contributed by atoms with Crippen molar-refractivity contribution in [3.8, 4) is 0 Å². The lowest BCUT2D eigenvalue weighted by Crippen LogP contribution is -2.36. The second-order valence-corrected chi connectivity index (χ2v) is 11.7. The van der Waals surface area contributed by atoms with Crippen LogP contribution in [-0.2, 0) is 0 Å². The number of aliphatic hydroxyl groups is 2. The van der Waals surface area contributed by atoms with Gasteiger partial charge in [0.1, 0.15) is 0 Å². The zero-order valence-corrected chi connectivity index (χ0v) is 21.0. The van der Waals surface area contributed by atoms with Gasteiger partial charge in [0.25, 0.3) is 0 Å². The van der Waals surface area contributed by atoms with Crippen molar-refractivity contribution < 1.29 is 10.2 Å². The van der Waals surface area contributed by atoms with Gasteiger partial charge in [-0.3, -0.25) is 0 Å². The molecule has 0 saturated heterocycles. The van der Waals surface area contributed by atoms with Crippen LogP contribution in [0.1, 0.15) is 51.4 Å². The molecular weight excluding hydrogens is 483 g/mol. The summed E-state index contributed by atoms with van der Waals surface area (Å²) in [5, 5.41) is 29.2. The molecule has 0 amide bonds. The molecule has 8 heteroatoms. The van der Waals surface area contributed by atoms with E-state index >= 15 is 0 Å². The van der Waals surface area contributed by atoms with Gasteiger partial charge in [0, 0.05) is 19.8 Å². The molecule has 0 spiro atoms. The summed E-state index contributed by atoms with van der Waals surface area (Å²) in [6.07, 6.45) is 7.33. The first-order valence-electron chi connectivity index (χ1n) is 11.3. The summed E-state index contributed by atoms with van der Waals surface area (Å²) in [6.45, 7) is 0. The van der Waals surface area contributed by atoms with Gasteiger partial charge in [-0.25, -0.2) is 0 Å². The van der Waals surface area contributed by atoms with Crippen molar-refractivity contribution in [2.24, 2.45) is 0 Å². The van der Waals surface area contributed by atoms with Crippen molar-refractivity contribution >= 4 is 56.2 Å². The highest BCUT2D eigenvalue weighted by Gasteiger charge is 2.25. The second-order valence-electron chi connectivity index (χ2n) is 8.65. The zero-order chi connectivity index (χ0) is 22.5. The summed E-state index contributed by atoms with van der Waals surface area (Å²) in [5.41, 5.74) is 1.90. The second kappa shape index (κ2) is 11.6. The molecule has 4 nitrogen and oxygen atoms in total. The zero-order valence-electron chi connectivity index (χ0n) is 17.9. The van der Waals surface area contributed by atoms with Crippen LogP contribution in [0.15, 0.2) is 46.2 Å². The van der Waals surface area contributed by atoms with E-state index in [1.807, 2.05) is 36.4 Å². The molecule has 0 heterocycles.